The Balaban J connectivity index is 2.77. The Morgan fingerprint density at radius 2 is 2.07 bits per heavy atom. The maximum absolute atomic E-state index is 9.56. The van der Waals surface area contributed by atoms with Crippen molar-refractivity contribution >= 4 is 11.6 Å². The number of rotatable bonds is 3. The lowest BCUT2D eigenvalue weighted by atomic mass is 9.96. The molecule has 0 amide bonds. The number of benzene rings is 1. The summed E-state index contributed by atoms with van der Waals surface area (Å²) < 4.78 is 0. The molecule has 0 saturated carbocycles. The van der Waals surface area contributed by atoms with Crippen LogP contribution in [0.4, 0.5) is 0 Å². The van der Waals surface area contributed by atoms with Gasteiger partial charge in [0.15, 0.2) is 0 Å². The molecular weight excluding hydrogens is 198 g/mol. The van der Waals surface area contributed by atoms with Gasteiger partial charge in [0.25, 0.3) is 0 Å². The van der Waals surface area contributed by atoms with Crippen molar-refractivity contribution in [2.45, 2.75) is 32.2 Å². The SMILES string of the molecule is CC(C)(N)CCc1c(O)cccc1Cl. The molecule has 0 atom stereocenters. The van der Waals surface area contributed by atoms with E-state index in [1.165, 1.54) is 0 Å². The van der Waals surface area contributed by atoms with E-state index in [-0.39, 0.29) is 11.3 Å². The largest absolute Gasteiger partial charge is 0.508 e. The highest BCUT2D eigenvalue weighted by Crippen LogP contribution is 2.27. The Morgan fingerprint density at radius 3 is 2.57 bits per heavy atom. The minimum atomic E-state index is -0.231. The molecule has 0 spiro atoms. The molecule has 0 fully saturated rings. The van der Waals surface area contributed by atoms with Crippen LogP contribution in [0.1, 0.15) is 25.8 Å². The highest BCUT2D eigenvalue weighted by atomic mass is 35.5. The summed E-state index contributed by atoms with van der Waals surface area (Å²) in [6.45, 7) is 3.92. The fraction of sp³-hybridized carbons (Fsp3) is 0.455. The van der Waals surface area contributed by atoms with E-state index in [4.69, 9.17) is 17.3 Å². The van der Waals surface area contributed by atoms with Gasteiger partial charge in [-0.25, -0.2) is 0 Å². The Hall–Kier alpha value is -0.730. The zero-order chi connectivity index (χ0) is 10.8. The van der Waals surface area contributed by atoms with Crippen molar-refractivity contribution in [3.8, 4) is 5.75 Å². The molecule has 0 aliphatic carbocycles. The van der Waals surface area contributed by atoms with Gasteiger partial charge in [-0.3, -0.25) is 0 Å². The van der Waals surface area contributed by atoms with Gasteiger partial charge in [-0.15, -0.1) is 0 Å². The van der Waals surface area contributed by atoms with Crippen LogP contribution < -0.4 is 5.73 Å². The first-order valence-electron chi connectivity index (χ1n) is 4.65. The predicted molar refractivity (Wildman–Crippen MR) is 59.7 cm³/mol. The van der Waals surface area contributed by atoms with Crippen LogP contribution in [-0.4, -0.2) is 10.6 Å². The first kappa shape index (κ1) is 11.3. The van der Waals surface area contributed by atoms with Crippen molar-refractivity contribution in [3.63, 3.8) is 0 Å². The van der Waals surface area contributed by atoms with Crippen LogP contribution in [-0.2, 0) is 6.42 Å². The zero-order valence-corrected chi connectivity index (χ0v) is 9.30. The maximum Gasteiger partial charge on any atom is 0.120 e. The maximum atomic E-state index is 9.56. The number of phenolic OH excluding ortho intramolecular Hbond substituents is 1. The molecule has 0 aliphatic rings. The Kier molecular flexibility index (Phi) is 3.40. The Morgan fingerprint density at radius 1 is 1.43 bits per heavy atom. The number of aromatic hydroxyl groups is 1. The second-order valence-electron chi connectivity index (χ2n) is 4.23. The molecule has 1 aromatic rings. The van der Waals surface area contributed by atoms with Crippen molar-refractivity contribution in [1.82, 2.24) is 0 Å². The summed E-state index contributed by atoms with van der Waals surface area (Å²) >= 11 is 5.96. The highest BCUT2D eigenvalue weighted by Gasteiger charge is 2.13. The van der Waals surface area contributed by atoms with Crippen LogP contribution in [0.15, 0.2) is 18.2 Å². The van der Waals surface area contributed by atoms with Gasteiger partial charge in [0.2, 0.25) is 0 Å². The molecule has 0 unspecified atom stereocenters. The number of nitrogens with two attached hydrogens (primary N) is 1. The lowest BCUT2D eigenvalue weighted by Gasteiger charge is -2.18. The van der Waals surface area contributed by atoms with Gasteiger partial charge in [0, 0.05) is 16.1 Å². The fourth-order valence-corrected chi connectivity index (χ4v) is 1.51. The third-order valence-electron chi connectivity index (χ3n) is 2.11. The monoisotopic (exact) mass is 213 g/mol. The highest BCUT2D eigenvalue weighted by molar-refractivity contribution is 6.31. The first-order chi connectivity index (χ1) is 6.40. The summed E-state index contributed by atoms with van der Waals surface area (Å²) in [5.41, 5.74) is 6.41. The third kappa shape index (κ3) is 3.20. The van der Waals surface area contributed by atoms with Crippen LogP contribution in [0.2, 0.25) is 5.02 Å². The van der Waals surface area contributed by atoms with Crippen molar-refractivity contribution in [1.29, 1.82) is 0 Å². The minimum Gasteiger partial charge on any atom is -0.508 e. The average Bonchev–Trinajstić information content (AvgIpc) is 2.01. The van der Waals surface area contributed by atoms with E-state index in [2.05, 4.69) is 0 Å². The third-order valence-corrected chi connectivity index (χ3v) is 2.47. The van der Waals surface area contributed by atoms with Crippen molar-refractivity contribution < 1.29 is 5.11 Å². The molecule has 0 aliphatic heterocycles. The summed E-state index contributed by atoms with van der Waals surface area (Å²) in [5.74, 6) is 0.252. The van der Waals surface area contributed by atoms with Crippen LogP contribution in [0.3, 0.4) is 0 Å². The van der Waals surface area contributed by atoms with E-state index in [1.807, 2.05) is 13.8 Å². The van der Waals surface area contributed by atoms with Crippen LogP contribution in [0.5, 0.6) is 5.75 Å². The van der Waals surface area contributed by atoms with Crippen molar-refractivity contribution in [2.75, 3.05) is 0 Å². The molecule has 0 saturated heterocycles. The lowest BCUT2D eigenvalue weighted by Crippen LogP contribution is -2.32. The molecule has 3 heteroatoms. The molecule has 0 heterocycles. The van der Waals surface area contributed by atoms with Crippen LogP contribution in [0, 0.1) is 0 Å². The second-order valence-corrected chi connectivity index (χ2v) is 4.63. The van der Waals surface area contributed by atoms with Gasteiger partial charge in [0.1, 0.15) is 5.75 Å². The van der Waals surface area contributed by atoms with Crippen LogP contribution in [0.25, 0.3) is 0 Å². The summed E-state index contributed by atoms with van der Waals surface area (Å²) in [6.07, 6.45) is 1.50. The van der Waals surface area contributed by atoms with E-state index in [9.17, 15) is 5.11 Å². The van der Waals surface area contributed by atoms with Gasteiger partial charge in [0.05, 0.1) is 0 Å². The molecule has 0 aromatic heterocycles. The average molecular weight is 214 g/mol. The fourth-order valence-electron chi connectivity index (χ4n) is 1.24. The number of hydrogen-bond acceptors (Lipinski definition) is 2. The van der Waals surface area contributed by atoms with Gasteiger partial charge in [-0.05, 0) is 38.8 Å². The minimum absolute atomic E-state index is 0.231. The van der Waals surface area contributed by atoms with Gasteiger partial charge >= 0.3 is 0 Å². The van der Waals surface area contributed by atoms with Gasteiger partial charge in [-0.1, -0.05) is 17.7 Å². The van der Waals surface area contributed by atoms with E-state index < -0.39 is 0 Å². The molecule has 3 N–H and O–H groups in total. The van der Waals surface area contributed by atoms with E-state index in [0.717, 1.165) is 12.0 Å². The van der Waals surface area contributed by atoms with E-state index >= 15 is 0 Å². The number of halogens is 1. The van der Waals surface area contributed by atoms with Crippen LogP contribution >= 0.6 is 11.6 Å². The molecule has 14 heavy (non-hydrogen) atoms. The standard InChI is InChI=1S/C11H16ClNO/c1-11(2,13)7-6-8-9(12)4-3-5-10(8)14/h3-5,14H,6-7,13H2,1-2H3. The molecule has 78 valence electrons. The van der Waals surface area contributed by atoms with Gasteiger partial charge < -0.3 is 10.8 Å². The Bertz CT molecular complexity index is 297. The first-order valence-corrected chi connectivity index (χ1v) is 5.03. The normalized spacial score (nSPS) is 11.7. The summed E-state index contributed by atoms with van der Waals surface area (Å²) in [6, 6.07) is 5.15. The predicted octanol–water partition coefficient (Wildman–Crippen LogP) is 2.72. The summed E-state index contributed by atoms with van der Waals surface area (Å²) in [7, 11) is 0. The lowest BCUT2D eigenvalue weighted by molar-refractivity contribution is 0.449. The molecule has 2 nitrogen and oxygen atoms in total. The quantitative estimate of drug-likeness (QED) is 0.811. The van der Waals surface area contributed by atoms with E-state index in [0.29, 0.717) is 11.4 Å². The number of phenols is 1. The molecule has 1 aromatic carbocycles. The van der Waals surface area contributed by atoms with E-state index in [1.54, 1.807) is 18.2 Å². The van der Waals surface area contributed by atoms with Crippen molar-refractivity contribution in [3.05, 3.63) is 28.8 Å². The van der Waals surface area contributed by atoms with Crippen molar-refractivity contribution in [2.24, 2.45) is 5.73 Å². The second kappa shape index (κ2) is 4.20. The molecule has 0 radical (unpaired) electrons. The molecule has 0 bridgehead atoms. The summed E-state index contributed by atoms with van der Waals surface area (Å²) in [5, 5.41) is 10.2. The summed E-state index contributed by atoms with van der Waals surface area (Å²) in [4.78, 5) is 0. The topological polar surface area (TPSA) is 46.2 Å². The zero-order valence-electron chi connectivity index (χ0n) is 8.55. The smallest absolute Gasteiger partial charge is 0.120 e. The molecule has 1 rings (SSSR count). The molecular formula is C11H16ClNO. The van der Waals surface area contributed by atoms with Gasteiger partial charge in [-0.2, -0.15) is 0 Å². The number of hydrogen-bond donors (Lipinski definition) is 2. The Labute approximate surface area is 89.7 Å².